The van der Waals surface area contributed by atoms with E-state index in [0.29, 0.717) is 12.5 Å². The molecule has 0 aliphatic carbocycles. The maximum absolute atomic E-state index is 6.23. The normalized spacial score (nSPS) is 12.5. The predicted octanol–water partition coefficient (Wildman–Crippen LogP) is 5.44. The number of benzene rings is 1. The summed E-state index contributed by atoms with van der Waals surface area (Å²) in [6, 6.07) is 7.97. The van der Waals surface area contributed by atoms with E-state index in [4.69, 9.17) is 9.16 Å². The van der Waals surface area contributed by atoms with Gasteiger partial charge in [-0.1, -0.05) is 26.8 Å². The molecule has 1 aromatic carbocycles. The second-order valence-electron chi connectivity index (χ2n) is 7.38. The van der Waals surface area contributed by atoms with Crippen molar-refractivity contribution in [2.75, 3.05) is 25.6 Å². The van der Waals surface area contributed by atoms with Crippen LogP contribution in [0.2, 0.25) is 18.1 Å². The fraction of sp³-hybridized carbons (Fsp3) is 0.500. The van der Waals surface area contributed by atoms with Gasteiger partial charge in [0, 0.05) is 22.5 Å². The lowest BCUT2D eigenvalue weighted by Gasteiger charge is -2.36. The van der Waals surface area contributed by atoms with Crippen molar-refractivity contribution in [2.45, 2.75) is 38.9 Å². The van der Waals surface area contributed by atoms with E-state index in [-0.39, 0.29) is 5.04 Å². The van der Waals surface area contributed by atoms with E-state index in [2.05, 4.69) is 60.1 Å². The van der Waals surface area contributed by atoms with Crippen LogP contribution >= 0.6 is 15.9 Å². The highest BCUT2D eigenvalue weighted by Gasteiger charge is 2.36. The first-order valence-electron chi connectivity index (χ1n) is 8.17. The van der Waals surface area contributed by atoms with Crippen LogP contribution in [-0.2, 0) is 4.43 Å². The van der Waals surface area contributed by atoms with Gasteiger partial charge in [-0.05, 0) is 46.2 Å². The average Bonchev–Trinajstić information content (AvgIpc) is 2.51. The highest BCUT2D eigenvalue weighted by Crippen LogP contribution is 2.36. The van der Waals surface area contributed by atoms with Crippen molar-refractivity contribution in [1.29, 1.82) is 0 Å². The van der Waals surface area contributed by atoms with Gasteiger partial charge in [0.1, 0.15) is 0 Å². The summed E-state index contributed by atoms with van der Waals surface area (Å²) in [4.78, 5) is 4.57. The molecule has 0 unspecified atom stereocenters. The Morgan fingerprint density at radius 1 is 1.17 bits per heavy atom. The van der Waals surface area contributed by atoms with Gasteiger partial charge < -0.3 is 14.5 Å². The quantitative estimate of drug-likeness (QED) is 0.508. The number of methoxy groups -OCH3 is 1. The Morgan fingerprint density at radius 3 is 2.46 bits per heavy atom. The van der Waals surface area contributed by atoms with E-state index in [9.17, 15) is 0 Å². The number of hydrogen-bond acceptors (Lipinski definition) is 4. The maximum atomic E-state index is 6.23. The molecule has 0 fully saturated rings. The Morgan fingerprint density at radius 2 is 1.83 bits per heavy atom. The first kappa shape index (κ1) is 19.2. The van der Waals surface area contributed by atoms with E-state index in [1.807, 2.05) is 24.3 Å². The molecule has 0 saturated heterocycles. The van der Waals surface area contributed by atoms with Gasteiger partial charge in [-0.25, -0.2) is 4.98 Å². The molecule has 24 heavy (non-hydrogen) atoms. The van der Waals surface area contributed by atoms with Crippen LogP contribution in [0.3, 0.4) is 0 Å². The lowest BCUT2D eigenvalue weighted by atomic mass is 10.2. The third kappa shape index (κ3) is 4.29. The summed E-state index contributed by atoms with van der Waals surface area (Å²) in [5, 5.41) is 4.76. The van der Waals surface area contributed by atoms with Crippen LogP contribution in [0.4, 0.5) is 5.69 Å². The largest absolute Gasteiger partial charge is 0.481 e. The van der Waals surface area contributed by atoms with Crippen molar-refractivity contribution in [2.24, 2.45) is 0 Å². The van der Waals surface area contributed by atoms with Gasteiger partial charge in [0.25, 0.3) is 0 Å². The second-order valence-corrected chi connectivity index (χ2v) is 13.0. The van der Waals surface area contributed by atoms with E-state index < -0.39 is 8.32 Å². The Balaban J connectivity index is 2.11. The summed E-state index contributed by atoms with van der Waals surface area (Å²) in [5.74, 6) is 0.612. The minimum atomic E-state index is -1.71. The summed E-state index contributed by atoms with van der Waals surface area (Å²) >= 11 is 3.61. The van der Waals surface area contributed by atoms with Crippen LogP contribution in [0, 0.1) is 0 Å². The molecule has 132 valence electrons. The Hall–Kier alpha value is -1.11. The van der Waals surface area contributed by atoms with Crippen LogP contribution < -0.4 is 10.1 Å². The van der Waals surface area contributed by atoms with E-state index in [1.165, 1.54) is 0 Å². The lowest BCUT2D eigenvalue weighted by molar-refractivity contribution is 0.301. The number of anilines is 1. The molecule has 6 heteroatoms. The average molecular weight is 411 g/mol. The monoisotopic (exact) mass is 410 g/mol. The number of nitrogens with one attached hydrogen (secondary N) is 1. The first-order valence-corrected chi connectivity index (χ1v) is 11.9. The Labute approximate surface area is 154 Å². The van der Waals surface area contributed by atoms with Gasteiger partial charge in [0.15, 0.2) is 8.32 Å². The van der Waals surface area contributed by atoms with E-state index in [1.54, 1.807) is 7.11 Å². The molecular formula is C18H27BrN2O2Si. The number of nitrogens with zero attached hydrogens (tertiary/aromatic N) is 1. The molecule has 0 saturated carbocycles. The molecule has 1 heterocycles. The Bertz CT molecular complexity index is 714. The highest BCUT2D eigenvalue weighted by atomic mass is 79.9. The van der Waals surface area contributed by atoms with Crippen molar-refractivity contribution in [1.82, 2.24) is 4.98 Å². The fourth-order valence-electron chi connectivity index (χ4n) is 2.13. The van der Waals surface area contributed by atoms with Crippen molar-refractivity contribution in [3.8, 4) is 5.88 Å². The van der Waals surface area contributed by atoms with E-state index in [0.717, 1.165) is 27.6 Å². The van der Waals surface area contributed by atoms with Crippen molar-refractivity contribution in [3.63, 3.8) is 0 Å². The third-order valence-corrected chi connectivity index (χ3v) is 9.87. The van der Waals surface area contributed by atoms with Crippen molar-refractivity contribution < 1.29 is 9.16 Å². The molecule has 0 radical (unpaired) electrons. The molecule has 0 atom stereocenters. The van der Waals surface area contributed by atoms with Gasteiger partial charge in [-0.3, -0.25) is 0 Å². The molecular weight excluding hydrogens is 384 g/mol. The molecule has 0 bridgehead atoms. The minimum absolute atomic E-state index is 0.224. The summed E-state index contributed by atoms with van der Waals surface area (Å²) < 4.78 is 12.5. The topological polar surface area (TPSA) is 43.4 Å². The summed E-state index contributed by atoms with van der Waals surface area (Å²) in [7, 11) is -0.0812. The molecule has 1 aromatic heterocycles. The van der Waals surface area contributed by atoms with Gasteiger partial charge in [-0.15, -0.1) is 0 Å². The zero-order chi connectivity index (χ0) is 18.0. The van der Waals surface area contributed by atoms with E-state index >= 15 is 0 Å². The van der Waals surface area contributed by atoms with Crippen LogP contribution in [0.15, 0.2) is 28.7 Å². The number of hydrogen-bond donors (Lipinski definition) is 1. The predicted molar refractivity (Wildman–Crippen MR) is 108 cm³/mol. The van der Waals surface area contributed by atoms with Gasteiger partial charge in [-0.2, -0.15) is 0 Å². The molecule has 0 spiro atoms. The van der Waals surface area contributed by atoms with Crippen LogP contribution in [0.5, 0.6) is 5.88 Å². The zero-order valence-electron chi connectivity index (χ0n) is 15.4. The number of pyridine rings is 1. The number of fused-ring (bicyclic) bond motifs is 1. The molecule has 4 nitrogen and oxygen atoms in total. The van der Waals surface area contributed by atoms with Crippen LogP contribution in [0.25, 0.3) is 10.9 Å². The Kier molecular flexibility index (Phi) is 5.94. The number of halogens is 1. The molecule has 1 N–H and O–H groups in total. The molecule has 0 aliphatic heterocycles. The molecule has 0 amide bonds. The lowest BCUT2D eigenvalue weighted by Crippen LogP contribution is -2.41. The number of aromatic nitrogens is 1. The minimum Gasteiger partial charge on any atom is -0.481 e. The molecule has 2 rings (SSSR count). The highest BCUT2D eigenvalue weighted by molar-refractivity contribution is 9.10. The number of rotatable bonds is 6. The second kappa shape index (κ2) is 7.41. The van der Waals surface area contributed by atoms with Gasteiger partial charge >= 0.3 is 0 Å². The zero-order valence-corrected chi connectivity index (χ0v) is 18.0. The smallest absolute Gasteiger partial charge is 0.213 e. The first-order chi connectivity index (χ1) is 11.2. The van der Waals surface area contributed by atoms with Gasteiger partial charge in [0.05, 0.1) is 24.9 Å². The molecule has 2 aromatic rings. The number of ether oxygens (including phenoxy) is 1. The SMILES string of the molecule is COc1ccc2ccc(Br)c(NCCO[Si](C)(C)C(C)(C)C)c2n1. The van der Waals surface area contributed by atoms with Crippen molar-refractivity contribution in [3.05, 3.63) is 28.7 Å². The molecule has 0 aliphatic rings. The van der Waals surface area contributed by atoms with Crippen LogP contribution in [-0.4, -0.2) is 33.6 Å². The fourth-order valence-corrected chi connectivity index (χ4v) is 3.63. The maximum Gasteiger partial charge on any atom is 0.213 e. The third-order valence-electron chi connectivity index (χ3n) is 4.67. The van der Waals surface area contributed by atoms with Crippen LogP contribution in [0.1, 0.15) is 20.8 Å². The summed E-state index contributed by atoms with van der Waals surface area (Å²) in [6.45, 7) is 12.7. The van der Waals surface area contributed by atoms with Gasteiger partial charge in [0.2, 0.25) is 5.88 Å². The van der Waals surface area contributed by atoms with Crippen molar-refractivity contribution >= 4 is 40.8 Å². The summed E-state index contributed by atoms with van der Waals surface area (Å²) in [6.07, 6.45) is 0. The summed E-state index contributed by atoms with van der Waals surface area (Å²) in [5.41, 5.74) is 1.88. The standard InChI is InChI=1S/C18H27BrN2O2Si/c1-18(2,3)24(5,6)23-12-11-20-17-14(19)9-7-13-8-10-15(22-4)21-16(13)17/h7-10,20H,11-12H2,1-6H3.